The monoisotopic (exact) mass is 677 g/mol. The zero-order valence-electron chi connectivity index (χ0n) is 27.0. The second-order valence-corrected chi connectivity index (χ2v) is 15.5. The van der Waals surface area contributed by atoms with Crippen molar-refractivity contribution in [3.63, 3.8) is 0 Å². The minimum absolute atomic E-state index is 0.0957. The molecule has 0 unspecified atom stereocenters. The van der Waals surface area contributed by atoms with Crippen molar-refractivity contribution < 1.29 is 4.79 Å². The van der Waals surface area contributed by atoms with E-state index in [1.54, 1.807) is 0 Å². The smallest absolute Gasteiger partial charge is 0.222 e. The van der Waals surface area contributed by atoms with Crippen molar-refractivity contribution in [2.24, 2.45) is 0 Å². The van der Waals surface area contributed by atoms with Crippen LogP contribution in [0.3, 0.4) is 0 Å². The molecule has 1 aliphatic rings. The Morgan fingerprint density at radius 3 is 2.00 bits per heavy atom. The molecule has 5 heteroatoms. The van der Waals surface area contributed by atoms with Crippen LogP contribution in [0.4, 0.5) is 0 Å². The van der Waals surface area contributed by atoms with Crippen LogP contribution in [0.1, 0.15) is 79.2 Å². The van der Waals surface area contributed by atoms with Gasteiger partial charge in [-0.3, -0.25) is 4.79 Å². The number of carbonyl (C=O) groups excluding carboxylic acids is 1. The van der Waals surface area contributed by atoms with Gasteiger partial charge in [0.2, 0.25) is 5.91 Å². The highest BCUT2D eigenvalue weighted by Crippen LogP contribution is 2.44. The second kappa shape index (κ2) is 16.1. The van der Waals surface area contributed by atoms with Gasteiger partial charge in [-0.15, -0.1) is 0 Å². The highest BCUT2D eigenvalue weighted by Gasteiger charge is 2.32. The van der Waals surface area contributed by atoms with Gasteiger partial charge in [-0.05, 0) is 90.3 Å². The van der Waals surface area contributed by atoms with Crippen LogP contribution in [0, 0.1) is 0 Å². The molecule has 240 valence electrons. The van der Waals surface area contributed by atoms with E-state index in [9.17, 15) is 4.79 Å². The maximum atomic E-state index is 13.4. The fraction of sp³-hybridized carbons (Fsp3) is 0.262. The average molecular weight is 679 g/mol. The van der Waals surface area contributed by atoms with Gasteiger partial charge in [-0.25, -0.2) is 0 Å². The molecule has 0 fully saturated rings. The summed E-state index contributed by atoms with van der Waals surface area (Å²) in [6.45, 7) is 0. The molecule has 0 radical (unpaired) electrons. The first-order valence-corrected chi connectivity index (χ1v) is 18.9. The summed E-state index contributed by atoms with van der Waals surface area (Å²) < 4.78 is 0. The molecule has 0 saturated heterocycles. The number of fused-ring (bicyclic) bond motifs is 1. The lowest BCUT2D eigenvalue weighted by molar-refractivity contribution is -0.132. The van der Waals surface area contributed by atoms with Crippen LogP contribution in [0.25, 0.3) is 0 Å². The third-order valence-electron chi connectivity index (χ3n) is 9.51. The fourth-order valence-electron chi connectivity index (χ4n) is 7.06. The summed E-state index contributed by atoms with van der Waals surface area (Å²) in [5.74, 6) is 0.488. The summed E-state index contributed by atoms with van der Waals surface area (Å²) in [7, 11) is 1.37. The molecular formula is C42H42Cl2NOP. The lowest BCUT2D eigenvalue weighted by atomic mass is 9.76. The molecule has 0 aliphatic heterocycles. The molecule has 1 amide bonds. The quantitative estimate of drug-likeness (QED) is 0.0950. The number of hydrogen-bond acceptors (Lipinski definition) is 1. The number of aryl methyl sites for hydroxylation is 1. The van der Waals surface area contributed by atoms with Crippen molar-refractivity contribution in [3.05, 3.63) is 160 Å². The molecule has 0 heterocycles. The van der Waals surface area contributed by atoms with E-state index in [0.717, 1.165) is 44.9 Å². The first kappa shape index (κ1) is 33.5. The summed E-state index contributed by atoms with van der Waals surface area (Å²) in [4.78, 5) is 15.4. The Balaban J connectivity index is 1.03. The van der Waals surface area contributed by atoms with E-state index >= 15 is 0 Å². The van der Waals surface area contributed by atoms with Crippen LogP contribution in [-0.4, -0.2) is 17.9 Å². The molecule has 0 aromatic heterocycles. The summed E-state index contributed by atoms with van der Waals surface area (Å²) in [6, 6.07) is 45.5. The fourth-order valence-corrected chi connectivity index (χ4v) is 9.87. The molecule has 0 spiro atoms. The van der Waals surface area contributed by atoms with Crippen LogP contribution in [-0.2, 0) is 11.2 Å². The Kier molecular flexibility index (Phi) is 11.5. The number of unbranched alkanes of at least 4 members (excludes halogenated alkanes) is 3. The minimum Gasteiger partial charge on any atom is -0.339 e. The van der Waals surface area contributed by atoms with Crippen LogP contribution < -0.4 is 15.9 Å². The van der Waals surface area contributed by atoms with E-state index in [1.807, 2.05) is 24.1 Å². The molecule has 6 rings (SSSR count). The molecule has 5 aromatic rings. The number of halogens is 2. The zero-order chi connectivity index (χ0) is 32.6. The van der Waals surface area contributed by atoms with E-state index < -0.39 is 7.92 Å². The maximum Gasteiger partial charge on any atom is 0.222 e. The van der Waals surface area contributed by atoms with Crippen molar-refractivity contribution in [1.82, 2.24) is 4.90 Å². The summed E-state index contributed by atoms with van der Waals surface area (Å²) in [5.41, 5.74) is 5.15. The normalized spacial score (nSPS) is 15.7. The second-order valence-electron chi connectivity index (χ2n) is 12.5. The van der Waals surface area contributed by atoms with Crippen LogP contribution >= 0.6 is 31.1 Å². The molecule has 5 aromatic carbocycles. The predicted octanol–water partition coefficient (Wildman–Crippen LogP) is 10.4. The Morgan fingerprint density at radius 2 is 1.30 bits per heavy atom. The molecule has 2 atom stereocenters. The van der Waals surface area contributed by atoms with Gasteiger partial charge in [0.25, 0.3) is 0 Å². The topological polar surface area (TPSA) is 20.3 Å². The van der Waals surface area contributed by atoms with Gasteiger partial charge in [0.05, 0.1) is 16.1 Å². The van der Waals surface area contributed by atoms with Gasteiger partial charge in [0, 0.05) is 19.4 Å². The lowest BCUT2D eigenvalue weighted by Crippen LogP contribution is -2.34. The predicted molar refractivity (Wildman–Crippen MR) is 201 cm³/mol. The van der Waals surface area contributed by atoms with Gasteiger partial charge < -0.3 is 4.90 Å². The lowest BCUT2D eigenvalue weighted by Gasteiger charge is -2.37. The number of hydrogen-bond donors (Lipinski definition) is 0. The number of amides is 1. The van der Waals surface area contributed by atoms with E-state index in [1.165, 1.54) is 38.2 Å². The first-order valence-electron chi connectivity index (χ1n) is 16.8. The third-order valence-corrected chi connectivity index (χ3v) is 12.8. The Labute approximate surface area is 291 Å². The van der Waals surface area contributed by atoms with E-state index in [2.05, 4.69) is 115 Å². The SMILES string of the molecule is CN(C(=O)CCCCCCc1ccccc1P(c1ccccc1)c1ccccc1)[C@H]1CC[C@@H](c2ccc(Cl)c(Cl)c2)c2ccccc21. The Hall–Kier alpha value is -3.42. The van der Waals surface area contributed by atoms with Crippen LogP contribution in [0.15, 0.2) is 127 Å². The van der Waals surface area contributed by atoms with Gasteiger partial charge in [0.15, 0.2) is 0 Å². The van der Waals surface area contributed by atoms with Gasteiger partial charge in [-0.2, -0.15) is 0 Å². The minimum atomic E-state index is -0.616. The summed E-state index contributed by atoms with van der Waals surface area (Å²) in [6.07, 6.45) is 7.78. The largest absolute Gasteiger partial charge is 0.339 e. The first-order chi connectivity index (χ1) is 23.0. The van der Waals surface area contributed by atoms with Crippen molar-refractivity contribution in [3.8, 4) is 0 Å². The van der Waals surface area contributed by atoms with E-state index in [-0.39, 0.29) is 17.9 Å². The van der Waals surface area contributed by atoms with Crippen molar-refractivity contribution in [2.75, 3.05) is 7.05 Å². The Bertz CT molecular complexity index is 1740. The zero-order valence-corrected chi connectivity index (χ0v) is 29.4. The van der Waals surface area contributed by atoms with Gasteiger partial charge in [-0.1, -0.05) is 151 Å². The van der Waals surface area contributed by atoms with Crippen molar-refractivity contribution in [2.45, 2.75) is 63.3 Å². The third kappa shape index (κ3) is 8.01. The van der Waals surface area contributed by atoms with Gasteiger partial charge >= 0.3 is 0 Å². The summed E-state index contributed by atoms with van der Waals surface area (Å²) in [5, 5.41) is 5.38. The van der Waals surface area contributed by atoms with Crippen molar-refractivity contribution in [1.29, 1.82) is 0 Å². The number of benzene rings is 5. The molecule has 2 nitrogen and oxygen atoms in total. The highest BCUT2D eigenvalue weighted by molar-refractivity contribution is 7.79. The standard InChI is InChI=1S/C42H42Cl2NOP/c1-45(40-29-27-35(36-22-13-14-23-37(36)40)32-26-28-38(43)39(44)30-32)42(46)25-11-3-2-6-16-31-17-12-15-24-41(31)47(33-18-7-4-8-19-33)34-20-9-5-10-21-34/h4-5,7-10,12-15,17-24,26,28,30,35,40H,2-3,6,11,16,25,27,29H2,1H3/t35-,40-/m0/s1. The number of nitrogens with zero attached hydrogens (tertiary/aromatic N) is 1. The molecule has 0 saturated carbocycles. The number of rotatable bonds is 12. The van der Waals surface area contributed by atoms with Crippen LogP contribution in [0.5, 0.6) is 0 Å². The number of carbonyl (C=O) groups is 1. The van der Waals surface area contributed by atoms with Crippen molar-refractivity contribution >= 4 is 52.9 Å². The van der Waals surface area contributed by atoms with E-state index in [4.69, 9.17) is 23.2 Å². The molecule has 0 bridgehead atoms. The maximum absolute atomic E-state index is 13.4. The van der Waals surface area contributed by atoms with E-state index in [0.29, 0.717) is 16.5 Å². The summed E-state index contributed by atoms with van der Waals surface area (Å²) >= 11 is 12.6. The van der Waals surface area contributed by atoms with Crippen LogP contribution in [0.2, 0.25) is 10.0 Å². The average Bonchev–Trinajstić information content (AvgIpc) is 3.11. The molecule has 0 N–H and O–H groups in total. The molecule has 1 aliphatic carbocycles. The molecule has 47 heavy (non-hydrogen) atoms. The Morgan fingerprint density at radius 1 is 0.681 bits per heavy atom. The highest BCUT2D eigenvalue weighted by atomic mass is 35.5. The molecular weight excluding hydrogens is 636 g/mol. The van der Waals surface area contributed by atoms with Gasteiger partial charge in [0.1, 0.15) is 0 Å².